The molecule has 2 aromatic rings. The summed E-state index contributed by atoms with van der Waals surface area (Å²) in [7, 11) is 0. The number of nitrogens with zero attached hydrogens (tertiary/aromatic N) is 2. The molecule has 1 atom stereocenters. The number of nitrogens with one attached hydrogen (secondary N) is 2. The molecule has 10 nitrogen and oxygen atoms in total. The van der Waals surface area contributed by atoms with Gasteiger partial charge in [0.25, 0.3) is 11.8 Å². The fraction of sp³-hybridized carbons (Fsp3) is 0.167. The molecule has 29 heavy (non-hydrogen) atoms. The zero-order valence-electron chi connectivity index (χ0n) is 14.8. The molecule has 1 saturated heterocycles. The molecule has 0 spiro atoms. The summed E-state index contributed by atoms with van der Waals surface area (Å²) in [4.78, 5) is 48.0. The molecule has 1 heterocycles. The first-order valence-corrected chi connectivity index (χ1v) is 9.19. The average Bonchev–Trinajstić information content (AvgIpc) is 2.99. The van der Waals surface area contributed by atoms with Crippen molar-refractivity contribution in [1.29, 1.82) is 0 Å². The number of hydrogen-bond donors (Lipinski definition) is 2. The van der Waals surface area contributed by atoms with Gasteiger partial charge in [-0.1, -0.05) is 28.1 Å². The Balaban J connectivity index is 1.54. The lowest BCUT2D eigenvalue weighted by atomic mass is 10.2. The topological polar surface area (TPSA) is 131 Å². The van der Waals surface area contributed by atoms with Crippen molar-refractivity contribution in [2.24, 2.45) is 0 Å². The maximum atomic E-state index is 12.5. The lowest BCUT2D eigenvalue weighted by Gasteiger charge is -2.16. The third kappa shape index (κ3) is 4.76. The predicted octanol–water partition coefficient (Wildman–Crippen LogP) is 1.69. The van der Waals surface area contributed by atoms with E-state index in [0.29, 0.717) is 5.69 Å². The van der Waals surface area contributed by atoms with Crippen LogP contribution in [0.5, 0.6) is 5.75 Å². The number of rotatable bonds is 7. The number of benzene rings is 2. The third-order valence-corrected chi connectivity index (χ3v) is 4.57. The van der Waals surface area contributed by atoms with Crippen molar-refractivity contribution in [2.75, 3.05) is 11.5 Å². The molecule has 3 amide bonds. The van der Waals surface area contributed by atoms with E-state index >= 15 is 0 Å². The molecule has 2 N–H and O–H groups in total. The van der Waals surface area contributed by atoms with E-state index in [1.165, 1.54) is 24.3 Å². The van der Waals surface area contributed by atoms with Crippen LogP contribution < -0.4 is 20.5 Å². The van der Waals surface area contributed by atoms with Gasteiger partial charge in [-0.05, 0) is 30.3 Å². The molecule has 0 saturated carbocycles. The zero-order chi connectivity index (χ0) is 21.0. The number of halogens is 1. The summed E-state index contributed by atoms with van der Waals surface area (Å²) in [6, 6.07) is 11.4. The van der Waals surface area contributed by atoms with Crippen LogP contribution in [0, 0.1) is 10.1 Å². The van der Waals surface area contributed by atoms with Crippen molar-refractivity contribution in [2.45, 2.75) is 12.5 Å². The Bertz CT molecular complexity index is 965. The highest BCUT2D eigenvalue weighted by molar-refractivity contribution is 9.10. The van der Waals surface area contributed by atoms with E-state index in [-0.39, 0.29) is 17.9 Å². The highest BCUT2D eigenvalue weighted by Gasteiger charge is 2.39. The number of para-hydroxylation sites is 2. The first-order valence-electron chi connectivity index (χ1n) is 8.40. The Morgan fingerprint density at radius 2 is 1.90 bits per heavy atom. The summed E-state index contributed by atoms with van der Waals surface area (Å²) in [5.41, 5.74) is 4.96. The molecule has 3 rings (SSSR count). The monoisotopic (exact) mass is 462 g/mol. The second-order valence-electron chi connectivity index (χ2n) is 6.01. The normalized spacial score (nSPS) is 16.0. The Hall–Kier alpha value is -3.31. The second kappa shape index (κ2) is 8.80. The fourth-order valence-corrected chi connectivity index (χ4v) is 2.95. The van der Waals surface area contributed by atoms with Crippen LogP contribution >= 0.6 is 15.9 Å². The predicted molar refractivity (Wildman–Crippen MR) is 105 cm³/mol. The standard InChI is InChI=1S/C18H15BrN4O6/c19-11-5-7-12(8-6-11)22-17(25)9-13(18(22)26)20-21-16(24)10-29-15-4-2-1-3-14(15)23(27)28/h1-8,13,20H,9-10H2,(H,21,24). The first kappa shape index (κ1) is 20.4. The molecular weight excluding hydrogens is 448 g/mol. The van der Waals surface area contributed by atoms with Crippen molar-refractivity contribution in [1.82, 2.24) is 10.9 Å². The number of carbonyl (C=O) groups excluding carboxylic acids is 3. The van der Waals surface area contributed by atoms with Crippen molar-refractivity contribution in [3.63, 3.8) is 0 Å². The Morgan fingerprint density at radius 1 is 1.21 bits per heavy atom. The van der Waals surface area contributed by atoms with Crippen molar-refractivity contribution in [3.05, 3.63) is 63.1 Å². The van der Waals surface area contributed by atoms with E-state index in [2.05, 4.69) is 26.8 Å². The van der Waals surface area contributed by atoms with Crippen LogP contribution in [0.3, 0.4) is 0 Å². The minimum Gasteiger partial charge on any atom is -0.477 e. The zero-order valence-corrected chi connectivity index (χ0v) is 16.4. The SMILES string of the molecule is O=C(COc1ccccc1[N+](=O)[O-])NNC1CC(=O)N(c2ccc(Br)cc2)C1=O. The molecule has 0 aliphatic carbocycles. The largest absolute Gasteiger partial charge is 0.477 e. The minimum absolute atomic E-state index is 0.0545. The van der Waals surface area contributed by atoms with E-state index in [4.69, 9.17) is 4.74 Å². The summed E-state index contributed by atoms with van der Waals surface area (Å²) in [5, 5.41) is 10.9. The molecular formula is C18H15BrN4O6. The highest BCUT2D eigenvalue weighted by atomic mass is 79.9. The number of anilines is 1. The quantitative estimate of drug-likeness (QED) is 0.363. The fourth-order valence-electron chi connectivity index (χ4n) is 2.68. The van der Waals surface area contributed by atoms with Gasteiger partial charge in [-0.25, -0.2) is 10.3 Å². The van der Waals surface area contributed by atoms with Gasteiger partial charge >= 0.3 is 5.69 Å². The van der Waals surface area contributed by atoms with Gasteiger partial charge in [0.05, 0.1) is 17.0 Å². The maximum absolute atomic E-state index is 12.5. The van der Waals surface area contributed by atoms with Gasteiger partial charge < -0.3 is 4.74 Å². The Morgan fingerprint density at radius 3 is 2.59 bits per heavy atom. The molecule has 11 heteroatoms. The molecule has 1 aliphatic rings. The molecule has 1 fully saturated rings. The van der Waals surface area contributed by atoms with E-state index in [1.54, 1.807) is 24.3 Å². The maximum Gasteiger partial charge on any atom is 0.310 e. The van der Waals surface area contributed by atoms with Crippen molar-refractivity contribution < 1.29 is 24.0 Å². The van der Waals surface area contributed by atoms with Crippen LogP contribution in [0.25, 0.3) is 0 Å². The van der Waals surface area contributed by atoms with Gasteiger partial charge in [-0.15, -0.1) is 0 Å². The van der Waals surface area contributed by atoms with Crippen LogP contribution in [0.1, 0.15) is 6.42 Å². The molecule has 0 radical (unpaired) electrons. The van der Waals surface area contributed by atoms with Gasteiger partial charge in [-0.3, -0.25) is 29.9 Å². The molecule has 2 aromatic carbocycles. The molecule has 150 valence electrons. The molecule has 1 unspecified atom stereocenters. The number of hydrazine groups is 1. The number of nitro benzene ring substituents is 1. The number of carbonyl (C=O) groups is 3. The molecule has 1 aliphatic heterocycles. The number of hydrogen-bond acceptors (Lipinski definition) is 7. The Kier molecular flexibility index (Phi) is 6.20. The molecule has 0 aromatic heterocycles. The Labute approximate surface area is 173 Å². The first-order chi connectivity index (χ1) is 13.9. The summed E-state index contributed by atoms with van der Waals surface area (Å²) in [6.45, 7) is -0.511. The smallest absolute Gasteiger partial charge is 0.310 e. The number of imide groups is 1. The summed E-state index contributed by atoms with van der Waals surface area (Å²) < 4.78 is 5.97. The van der Waals surface area contributed by atoms with Crippen LogP contribution in [-0.2, 0) is 14.4 Å². The lowest BCUT2D eigenvalue weighted by molar-refractivity contribution is -0.385. The lowest BCUT2D eigenvalue weighted by Crippen LogP contribution is -2.49. The minimum atomic E-state index is -0.929. The highest BCUT2D eigenvalue weighted by Crippen LogP contribution is 2.26. The van der Waals surface area contributed by atoms with Crippen LogP contribution in [-0.4, -0.2) is 35.3 Å². The van der Waals surface area contributed by atoms with E-state index < -0.39 is 35.3 Å². The van der Waals surface area contributed by atoms with Crippen LogP contribution in [0.15, 0.2) is 53.0 Å². The second-order valence-corrected chi connectivity index (χ2v) is 6.92. The third-order valence-electron chi connectivity index (χ3n) is 4.04. The molecule has 0 bridgehead atoms. The van der Waals surface area contributed by atoms with Crippen LogP contribution in [0.4, 0.5) is 11.4 Å². The summed E-state index contributed by atoms with van der Waals surface area (Å²) >= 11 is 3.28. The van der Waals surface area contributed by atoms with Gasteiger partial charge in [0, 0.05) is 10.5 Å². The van der Waals surface area contributed by atoms with E-state index in [1.807, 2.05) is 0 Å². The van der Waals surface area contributed by atoms with Gasteiger partial charge in [0.15, 0.2) is 12.4 Å². The number of ether oxygens (including phenoxy) is 1. The summed E-state index contributed by atoms with van der Waals surface area (Å²) in [5.74, 6) is -1.62. The number of amides is 3. The average molecular weight is 463 g/mol. The summed E-state index contributed by atoms with van der Waals surface area (Å²) in [6.07, 6.45) is -0.125. The van der Waals surface area contributed by atoms with Gasteiger partial charge in [0.2, 0.25) is 5.91 Å². The van der Waals surface area contributed by atoms with E-state index in [0.717, 1.165) is 9.37 Å². The van der Waals surface area contributed by atoms with Gasteiger partial charge in [-0.2, -0.15) is 0 Å². The van der Waals surface area contributed by atoms with Gasteiger partial charge in [0.1, 0.15) is 6.04 Å². The van der Waals surface area contributed by atoms with Crippen molar-refractivity contribution in [3.8, 4) is 5.75 Å². The van der Waals surface area contributed by atoms with Crippen LogP contribution in [0.2, 0.25) is 0 Å². The number of nitro groups is 1. The van der Waals surface area contributed by atoms with Crippen molar-refractivity contribution >= 4 is 45.0 Å². The van der Waals surface area contributed by atoms with E-state index in [9.17, 15) is 24.5 Å².